The van der Waals surface area contributed by atoms with Gasteiger partial charge in [-0.3, -0.25) is 4.79 Å². The number of rotatable bonds is 7. The van der Waals surface area contributed by atoms with E-state index in [1.165, 1.54) is 0 Å². The van der Waals surface area contributed by atoms with Crippen molar-refractivity contribution in [1.29, 1.82) is 0 Å². The summed E-state index contributed by atoms with van der Waals surface area (Å²) in [5.74, 6) is -3.65. The number of hydrogen-bond acceptors (Lipinski definition) is 2. The number of carbonyl (C=O) groups excluding carboxylic acids is 1. The summed E-state index contributed by atoms with van der Waals surface area (Å²) in [5.41, 5.74) is -3.18. The number of nitrogens with one attached hydrogen (secondary N) is 2. The van der Waals surface area contributed by atoms with Crippen molar-refractivity contribution in [1.82, 2.24) is 10.6 Å². The molecule has 1 amide bonds. The molecule has 0 aliphatic carbocycles. The molecule has 2 N–H and O–H groups in total. The molecule has 214 valence electrons. The van der Waals surface area contributed by atoms with Crippen molar-refractivity contribution in [2.75, 3.05) is 6.54 Å². The third-order valence-electron chi connectivity index (χ3n) is 5.00. The Hall–Kier alpha value is -2.22. The average Bonchev–Trinajstić information content (AvgIpc) is 2.78. The van der Waals surface area contributed by atoms with Crippen molar-refractivity contribution >= 4 is 64.0 Å². The third kappa shape index (κ3) is 9.44. The van der Waals surface area contributed by atoms with Crippen molar-refractivity contribution in [3.8, 4) is 0 Å². The van der Waals surface area contributed by atoms with Crippen LogP contribution in [-0.4, -0.2) is 35.8 Å². The fourth-order valence-electron chi connectivity index (χ4n) is 3.15. The predicted octanol–water partition coefficient (Wildman–Crippen LogP) is 8.62. The first-order valence-electron chi connectivity index (χ1n) is 10.5. The van der Waals surface area contributed by atoms with Gasteiger partial charge >= 0.3 is 18.5 Å². The third-order valence-corrected chi connectivity index (χ3v) is 6.69. The molecule has 0 bridgehead atoms. The Morgan fingerprint density at radius 2 is 1.54 bits per heavy atom. The molecule has 2 aromatic rings. The van der Waals surface area contributed by atoms with Gasteiger partial charge in [-0.05, 0) is 42.3 Å². The van der Waals surface area contributed by atoms with Crippen LogP contribution in [0.25, 0.3) is 6.08 Å². The molecule has 0 spiro atoms. The molecule has 2 aromatic carbocycles. The maximum Gasteiger partial charge on any atom is 0.417 e. The van der Waals surface area contributed by atoms with Crippen LogP contribution in [-0.2, 0) is 6.18 Å². The summed E-state index contributed by atoms with van der Waals surface area (Å²) >= 11 is 22.1. The molecule has 2 atom stereocenters. The van der Waals surface area contributed by atoms with Crippen LogP contribution < -0.4 is 10.6 Å². The smallest absolute Gasteiger partial charge is 0.369 e. The van der Waals surface area contributed by atoms with E-state index >= 15 is 0 Å². The zero-order chi connectivity index (χ0) is 29.9. The van der Waals surface area contributed by atoms with Crippen LogP contribution in [0.3, 0.4) is 0 Å². The lowest BCUT2D eigenvalue weighted by Crippen LogP contribution is -2.46. The van der Waals surface area contributed by atoms with E-state index in [1.807, 2.05) is 5.32 Å². The lowest BCUT2D eigenvalue weighted by molar-refractivity contribution is -0.139. The molecular formula is C23H16Cl3F9N2OS. The summed E-state index contributed by atoms with van der Waals surface area (Å²) in [7, 11) is 0. The number of allylic oxidation sites excluding steroid dienone is 1. The largest absolute Gasteiger partial charge is 0.417 e. The SMILES string of the molecule is C[C@@H](NC(=O)c1ccc(/C=C/C(c2cc(Cl)c(Cl)c(Cl)c2)C(F)(F)F)cc1C(F)(F)F)C(=S)NCC(F)(F)F. The molecule has 39 heavy (non-hydrogen) atoms. The van der Waals surface area contributed by atoms with E-state index < -0.39 is 64.6 Å². The normalized spacial score (nSPS) is 14.3. The zero-order valence-electron chi connectivity index (χ0n) is 19.3. The maximum atomic E-state index is 13.7. The van der Waals surface area contributed by atoms with Gasteiger partial charge in [0, 0.05) is 0 Å². The van der Waals surface area contributed by atoms with E-state index in [0.29, 0.717) is 12.1 Å². The Morgan fingerprint density at radius 1 is 0.974 bits per heavy atom. The lowest BCUT2D eigenvalue weighted by Gasteiger charge is -2.20. The minimum atomic E-state index is -5.12. The van der Waals surface area contributed by atoms with Gasteiger partial charge in [0.1, 0.15) is 6.54 Å². The standard InChI is InChI=1S/C23H16Cl3F9N2OS/c1-10(20(39)36-9-21(27,28)29)37-19(38)13-4-2-11(6-15(13)23(33,34)35)3-5-14(22(30,31)32)12-7-16(24)18(26)17(25)8-12/h2-8,10,14H,9H2,1H3,(H,36,39)(H,37,38)/b5-3+/t10-,14?/m1/s1. The fourth-order valence-corrected chi connectivity index (χ4v) is 3.89. The van der Waals surface area contributed by atoms with Crippen molar-refractivity contribution in [3.63, 3.8) is 0 Å². The Balaban J connectivity index is 2.37. The molecule has 0 aliphatic heterocycles. The second-order valence-electron chi connectivity index (χ2n) is 8.01. The maximum absolute atomic E-state index is 13.7. The van der Waals surface area contributed by atoms with Crippen LogP contribution in [0.4, 0.5) is 39.5 Å². The predicted molar refractivity (Wildman–Crippen MR) is 134 cm³/mol. The molecule has 0 radical (unpaired) electrons. The van der Waals surface area contributed by atoms with E-state index in [0.717, 1.165) is 37.3 Å². The first-order chi connectivity index (χ1) is 17.7. The molecule has 0 saturated carbocycles. The molecule has 0 fully saturated rings. The van der Waals surface area contributed by atoms with E-state index in [1.54, 1.807) is 0 Å². The van der Waals surface area contributed by atoms with E-state index in [-0.39, 0.29) is 20.6 Å². The van der Waals surface area contributed by atoms with Crippen LogP contribution in [0.1, 0.15) is 39.9 Å². The number of hydrogen-bond donors (Lipinski definition) is 2. The number of halogens is 12. The van der Waals surface area contributed by atoms with Crippen molar-refractivity contribution in [2.45, 2.75) is 37.4 Å². The number of carbonyl (C=O) groups is 1. The second-order valence-corrected chi connectivity index (χ2v) is 9.64. The number of amides is 1. The van der Waals surface area contributed by atoms with Crippen molar-refractivity contribution in [2.24, 2.45) is 0 Å². The second kappa shape index (κ2) is 12.5. The summed E-state index contributed by atoms with van der Waals surface area (Å²) in [6, 6.07) is 2.69. The highest BCUT2D eigenvalue weighted by Gasteiger charge is 2.40. The molecule has 16 heteroatoms. The molecule has 1 unspecified atom stereocenters. The molecule has 0 aliphatic rings. The van der Waals surface area contributed by atoms with E-state index in [4.69, 9.17) is 47.0 Å². The Kier molecular flexibility index (Phi) is 10.6. The summed E-state index contributed by atoms with van der Waals surface area (Å²) < 4.78 is 119. The molecule has 0 heterocycles. The van der Waals surface area contributed by atoms with Crippen molar-refractivity contribution < 1.29 is 44.3 Å². The Labute approximate surface area is 236 Å². The van der Waals surface area contributed by atoms with E-state index in [9.17, 15) is 44.3 Å². The van der Waals surface area contributed by atoms with Gasteiger partial charge in [0.25, 0.3) is 5.91 Å². The van der Waals surface area contributed by atoms with Crippen LogP contribution in [0.2, 0.25) is 15.1 Å². The average molecular weight is 646 g/mol. The Morgan fingerprint density at radius 3 is 2.03 bits per heavy atom. The topological polar surface area (TPSA) is 41.1 Å². The van der Waals surface area contributed by atoms with E-state index in [2.05, 4.69) is 5.32 Å². The van der Waals surface area contributed by atoms with Gasteiger partial charge < -0.3 is 10.6 Å². The fraction of sp³-hybridized carbons (Fsp3) is 0.304. The highest BCUT2D eigenvalue weighted by atomic mass is 35.5. The van der Waals surface area contributed by atoms with Gasteiger partial charge in [0.05, 0.1) is 43.1 Å². The van der Waals surface area contributed by atoms with Gasteiger partial charge in [-0.1, -0.05) is 65.2 Å². The van der Waals surface area contributed by atoms with Crippen LogP contribution in [0.15, 0.2) is 36.4 Å². The summed E-state index contributed by atoms with van der Waals surface area (Å²) in [6.07, 6.45) is -13.3. The van der Waals surface area contributed by atoms with Crippen LogP contribution in [0, 0.1) is 0 Å². The van der Waals surface area contributed by atoms with Gasteiger partial charge in [-0.15, -0.1) is 0 Å². The Bertz CT molecular complexity index is 1240. The highest BCUT2D eigenvalue weighted by molar-refractivity contribution is 7.80. The number of thiocarbonyl (C=S) groups is 1. The molecule has 3 nitrogen and oxygen atoms in total. The van der Waals surface area contributed by atoms with Crippen LogP contribution in [0.5, 0.6) is 0 Å². The van der Waals surface area contributed by atoms with Crippen molar-refractivity contribution in [3.05, 3.63) is 73.7 Å². The quantitative estimate of drug-likeness (QED) is 0.180. The monoisotopic (exact) mass is 644 g/mol. The first-order valence-corrected chi connectivity index (χ1v) is 12.0. The molecule has 2 rings (SSSR count). The van der Waals surface area contributed by atoms with Gasteiger partial charge in [-0.25, -0.2) is 0 Å². The highest BCUT2D eigenvalue weighted by Crippen LogP contribution is 2.41. The lowest BCUT2D eigenvalue weighted by atomic mass is 9.96. The summed E-state index contributed by atoms with van der Waals surface area (Å²) in [4.78, 5) is 12.0. The van der Waals surface area contributed by atoms with Gasteiger partial charge in [0.15, 0.2) is 0 Å². The summed E-state index contributed by atoms with van der Waals surface area (Å²) in [5, 5.41) is 3.19. The zero-order valence-corrected chi connectivity index (χ0v) is 22.3. The molecule has 0 saturated heterocycles. The minimum absolute atomic E-state index is 0.179. The minimum Gasteiger partial charge on any atom is -0.369 e. The number of alkyl halides is 9. The van der Waals surface area contributed by atoms with Gasteiger partial charge in [0.2, 0.25) is 0 Å². The molecule has 0 aromatic heterocycles. The molecular weight excluding hydrogens is 630 g/mol. The number of benzene rings is 2. The van der Waals surface area contributed by atoms with Gasteiger partial charge in [-0.2, -0.15) is 39.5 Å². The van der Waals surface area contributed by atoms with Crippen LogP contribution >= 0.6 is 47.0 Å². The first kappa shape index (κ1) is 33.0. The summed E-state index contributed by atoms with van der Waals surface area (Å²) in [6.45, 7) is -0.366.